The van der Waals surface area contributed by atoms with Gasteiger partial charge >= 0.3 is 6.09 Å². The molecular formula is C16H26N4O2. The van der Waals surface area contributed by atoms with Crippen molar-refractivity contribution in [2.75, 3.05) is 26.2 Å². The lowest BCUT2D eigenvalue weighted by atomic mass is 9.91. The van der Waals surface area contributed by atoms with E-state index in [1.807, 2.05) is 11.1 Å². The SMILES string of the molecule is CC(C)CCN1CC2(CCN(Cc3ncc[nH]3)CC2)OC1=O. The number of nitrogens with zero attached hydrogens (tertiary/aromatic N) is 3. The summed E-state index contributed by atoms with van der Waals surface area (Å²) in [7, 11) is 0. The van der Waals surface area contributed by atoms with Crippen molar-refractivity contribution in [1.29, 1.82) is 0 Å². The summed E-state index contributed by atoms with van der Waals surface area (Å²) in [4.78, 5) is 23.7. The molecule has 0 atom stereocenters. The highest BCUT2D eigenvalue weighted by Gasteiger charge is 2.46. The molecule has 0 bridgehead atoms. The summed E-state index contributed by atoms with van der Waals surface area (Å²) in [6, 6.07) is 0. The number of hydrogen-bond donors (Lipinski definition) is 1. The number of hydrogen-bond acceptors (Lipinski definition) is 4. The van der Waals surface area contributed by atoms with Crippen LogP contribution in [-0.4, -0.2) is 57.6 Å². The summed E-state index contributed by atoms with van der Waals surface area (Å²) in [5, 5.41) is 0. The second-order valence-electron chi connectivity index (χ2n) is 6.97. The number of piperidine rings is 1. The summed E-state index contributed by atoms with van der Waals surface area (Å²) in [6.07, 6.45) is 6.38. The maximum Gasteiger partial charge on any atom is 0.410 e. The molecule has 1 N–H and O–H groups in total. The first-order valence-corrected chi connectivity index (χ1v) is 8.25. The molecule has 2 fully saturated rings. The molecule has 0 radical (unpaired) electrons. The van der Waals surface area contributed by atoms with Gasteiger partial charge in [-0.3, -0.25) is 4.90 Å². The van der Waals surface area contributed by atoms with Crippen molar-refractivity contribution >= 4 is 6.09 Å². The van der Waals surface area contributed by atoms with Gasteiger partial charge in [-0.15, -0.1) is 0 Å². The Balaban J connectivity index is 1.51. The first-order chi connectivity index (χ1) is 10.6. The van der Waals surface area contributed by atoms with E-state index in [9.17, 15) is 4.79 Å². The van der Waals surface area contributed by atoms with Gasteiger partial charge < -0.3 is 14.6 Å². The van der Waals surface area contributed by atoms with Crippen LogP contribution in [0, 0.1) is 5.92 Å². The number of ether oxygens (including phenoxy) is 1. The molecule has 1 aromatic rings. The highest BCUT2D eigenvalue weighted by atomic mass is 16.6. The monoisotopic (exact) mass is 306 g/mol. The predicted octanol–water partition coefficient (Wildman–Crippen LogP) is 2.24. The van der Waals surface area contributed by atoms with E-state index in [0.29, 0.717) is 5.92 Å². The van der Waals surface area contributed by atoms with Crippen LogP contribution in [0.25, 0.3) is 0 Å². The van der Waals surface area contributed by atoms with Crippen molar-refractivity contribution in [1.82, 2.24) is 19.8 Å². The van der Waals surface area contributed by atoms with Gasteiger partial charge in [0, 0.05) is 44.9 Å². The number of H-pyrrole nitrogens is 1. The topological polar surface area (TPSA) is 61.5 Å². The third-order valence-corrected chi connectivity index (χ3v) is 4.71. The number of imidazole rings is 1. The average Bonchev–Trinajstić information content (AvgIpc) is 3.08. The molecule has 122 valence electrons. The van der Waals surface area contributed by atoms with Gasteiger partial charge in [0.25, 0.3) is 0 Å². The largest absolute Gasteiger partial charge is 0.441 e. The smallest absolute Gasteiger partial charge is 0.410 e. The third-order valence-electron chi connectivity index (χ3n) is 4.71. The minimum atomic E-state index is -0.256. The molecule has 1 spiro atoms. The number of aromatic nitrogens is 2. The lowest BCUT2D eigenvalue weighted by molar-refractivity contribution is -0.00175. The number of nitrogens with one attached hydrogen (secondary N) is 1. The van der Waals surface area contributed by atoms with Gasteiger partial charge in [-0.05, 0) is 12.3 Å². The molecule has 0 aromatic carbocycles. The summed E-state index contributed by atoms with van der Waals surface area (Å²) < 4.78 is 5.76. The van der Waals surface area contributed by atoms with Crippen LogP contribution in [0.5, 0.6) is 0 Å². The summed E-state index contributed by atoms with van der Waals surface area (Å²) in [5.41, 5.74) is -0.256. The van der Waals surface area contributed by atoms with Crippen molar-refractivity contribution in [2.24, 2.45) is 5.92 Å². The van der Waals surface area contributed by atoms with Gasteiger partial charge in [-0.1, -0.05) is 13.8 Å². The van der Waals surface area contributed by atoms with Crippen molar-refractivity contribution in [3.05, 3.63) is 18.2 Å². The Kier molecular flexibility index (Phi) is 4.38. The molecule has 1 amide bonds. The fourth-order valence-electron chi connectivity index (χ4n) is 3.25. The Morgan fingerprint density at radius 2 is 2.18 bits per heavy atom. The van der Waals surface area contributed by atoms with Crippen molar-refractivity contribution in [3.8, 4) is 0 Å². The van der Waals surface area contributed by atoms with Gasteiger partial charge in [0.15, 0.2) is 0 Å². The number of carbonyl (C=O) groups excluding carboxylic acids is 1. The molecule has 6 heteroatoms. The van der Waals surface area contributed by atoms with Crippen LogP contribution in [-0.2, 0) is 11.3 Å². The van der Waals surface area contributed by atoms with E-state index < -0.39 is 0 Å². The van der Waals surface area contributed by atoms with E-state index in [-0.39, 0.29) is 11.7 Å². The van der Waals surface area contributed by atoms with Crippen LogP contribution >= 0.6 is 0 Å². The number of amides is 1. The second-order valence-corrected chi connectivity index (χ2v) is 6.97. The molecule has 1 aromatic heterocycles. The zero-order valence-corrected chi connectivity index (χ0v) is 13.5. The summed E-state index contributed by atoms with van der Waals surface area (Å²) >= 11 is 0. The Morgan fingerprint density at radius 1 is 1.41 bits per heavy atom. The van der Waals surface area contributed by atoms with E-state index in [4.69, 9.17) is 4.74 Å². The lowest BCUT2D eigenvalue weighted by Gasteiger charge is -2.37. The van der Waals surface area contributed by atoms with E-state index in [1.165, 1.54) is 0 Å². The molecule has 3 rings (SSSR count). The van der Waals surface area contributed by atoms with Crippen LogP contribution in [0.3, 0.4) is 0 Å². The van der Waals surface area contributed by atoms with Crippen molar-refractivity contribution < 1.29 is 9.53 Å². The van der Waals surface area contributed by atoms with Crippen LogP contribution in [0.15, 0.2) is 12.4 Å². The van der Waals surface area contributed by atoms with E-state index in [0.717, 1.165) is 57.8 Å². The molecular weight excluding hydrogens is 280 g/mol. The van der Waals surface area contributed by atoms with Crippen molar-refractivity contribution in [2.45, 2.75) is 45.3 Å². The van der Waals surface area contributed by atoms with Crippen molar-refractivity contribution in [3.63, 3.8) is 0 Å². The number of likely N-dealkylation sites (tertiary alicyclic amines) is 1. The zero-order valence-electron chi connectivity index (χ0n) is 13.5. The molecule has 0 saturated carbocycles. The molecule has 0 unspecified atom stereocenters. The zero-order chi connectivity index (χ0) is 15.6. The number of aromatic amines is 1. The molecule has 2 saturated heterocycles. The first kappa shape index (κ1) is 15.3. The minimum Gasteiger partial charge on any atom is -0.441 e. The van der Waals surface area contributed by atoms with Gasteiger partial charge in [-0.2, -0.15) is 0 Å². The number of carbonyl (C=O) groups is 1. The maximum atomic E-state index is 12.1. The molecule has 2 aliphatic heterocycles. The van der Waals surface area contributed by atoms with E-state index >= 15 is 0 Å². The summed E-state index contributed by atoms with van der Waals surface area (Å²) in [6.45, 7) is 8.68. The highest BCUT2D eigenvalue weighted by molar-refractivity contribution is 5.70. The lowest BCUT2D eigenvalue weighted by Crippen LogP contribution is -2.46. The standard InChI is InChI=1S/C16H26N4O2/c1-13(2)3-8-20-12-16(22-15(20)21)4-9-19(10-5-16)11-14-17-6-7-18-14/h6-7,13H,3-5,8-12H2,1-2H3,(H,17,18). The Labute approximate surface area is 131 Å². The van der Waals surface area contributed by atoms with Gasteiger partial charge in [0.2, 0.25) is 0 Å². The normalized spacial score (nSPS) is 21.8. The van der Waals surface area contributed by atoms with Gasteiger partial charge in [-0.25, -0.2) is 9.78 Å². The van der Waals surface area contributed by atoms with E-state index in [2.05, 4.69) is 28.7 Å². The average molecular weight is 306 g/mol. The quantitative estimate of drug-likeness (QED) is 0.906. The predicted molar refractivity (Wildman–Crippen MR) is 83.3 cm³/mol. The minimum absolute atomic E-state index is 0.125. The molecule has 22 heavy (non-hydrogen) atoms. The van der Waals surface area contributed by atoms with Crippen LogP contribution in [0.1, 0.15) is 38.9 Å². The fraction of sp³-hybridized carbons (Fsp3) is 0.750. The molecule has 3 heterocycles. The highest BCUT2D eigenvalue weighted by Crippen LogP contribution is 2.33. The Bertz CT molecular complexity index is 492. The van der Waals surface area contributed by atoms with Crippen LogP contribution < -0.4 is 0 Å². The molecule has 6 nitrogen and oxygen atoms in total. The van der Waals surface area contributed by atoms with Gasteiger partial charge in [0.05, 0.1) is 13.1 Å². The number of rotatable bonds is 5. The second kappa shape index (κ2) is 6.28. The summed E-state index contributed by atoms with van der Waals surface area (Å²) in [5.74, 6) is 1.61. The van der Waals surface area contributed by atoms with Gasteiger partial charge in [0.1, 0.15) is 11.4 Å². The molecule has 0 aliphatic carbocycles. The third kappa shape index (κ3) is 3.43. The first-order valence-electron chi connectivity index (χ1n) is 8.25. The van der Waals surface area contributed by atoms with Crippen LogP contribution in [0.2, 0.25) is 0 Å². The van der Waals surface area contributed by atoms with E-state index in [1.54, 1.807) is 6.20 Å². The fourth-order valence-corrected chi connectivity index (χ4v) is 3.25. The Hall–Kier alpha value is -1.56. The Morgan fingerprint density at radius 3 is 2.82 bits per heavy atom. The molecule has 2 aliphatic rings. The maximum absolute atomic E-state index is 12.1. The van der Waals surface area contributed by atoms with Crippen LogP contribution in [0.4, 0.5) is 4.79 Å².